The van der Waals surface area contributed by atoms with Crippen LogP contribution in [-0.4, -0.2) is 48.2 Å². The molecule has 26 heavy (non-hydrogen) atoms. The molecule has 0 aliphatic rings. The summed E-state index contributed by atoms with van der Waals surface area (Å²) in [6.07, 6.45) is -0.525. The lowest BCUT2D eigenvalue weighted by atomic mass is 9.95. The number of amides is 1. The molecule has 9 heteroatoms. The van der Waals surface area contributed by atoms with Crippen molar-refractivity contribution in [1.29, 1.82) is 0 Å². The number of esters is 2. The van der Waals surface area contributed by atoms with Gasteiger partial charge in [0.05, 0.1) is 25.6 Å². The van der Waals surface area contributed by atoms with Gasteiger partial charge in [0, 0.05) is 10.0 Å². The lowest BCUT2D eigenvalue weighted by Crippen LogP contribution is -2.49. The van der Waals surface area contributed by atoms with Gasteiger partial charge in [-0.25, -0.2) is 4.79 Å². The first-order chi connectivity index (χ1) is 12.3. The Hall–Kier alpha value is -2.42. The van der Waals surface area contributed by atoms with Gasteiger partial charge in [-0.2, -0.15) is 0 Å². The second kappa shape index (κ2) is 10.5. The number of ether oxygens (including phenoxy) is 2. The number of carboxylic acids is 1. The van der Waals surface area contributed by atoms with Crippen molar-refractivity contribution < 1.29 is 33.8 Å². The molecule has 8 nitrogen and oxygen atoms in total. The SMILES string of the molecule is CCOC(=O)C[C@@H](C(=O)OCC)[C@@H](NC(=O)c1cccc(Br)c1)C(=O)O. The lowest BCUT2D eigenvalue weighted by Gasteiger charge is -2.22. The summed E-state index contributed by atoms with van der Waals surface area (Å²) in [6.45, 7) is 3.22. The maximum absolute atomic E-state index is 12.3. The van der Waals surface area contributed by atoms with E-state index in [2.05, 4.69) is 21.2 Å². The fraction of sp³-hybridized carbons (Fsp3) is 0.412. The van der Waals surface area contributed by atoms with Gasteiger partial charge >= 0.3 is 17.9 Å². The summed E-state index contributed by atoms with van der Waals surface area (Å²) >= 11 is 3.22. The Morgan fingerprint density at radius 1 is 1.15 bits per heavy atom. The maximum atomic E-state index is 12.3. The van der Waals surface area contributed by atoms with E-state index >= 15 is 0 Å². The van der Waals surface area contributed by atoms with Crippen molar-refractivity contribution in [3.63, 3.8) is 0 Å². The zero-order chi connectivity index (χ0) is 19.7. The molecular formula is C17H20BrNO7. The molecule has 0 aromatic heterocycles. The third-order valence-electron chi connectivity index (χ3n) is 3.32. The van der Waals surface area contributed by atoms with Crippen LogP contribution in [0, 0.1) is 5.92 Å². The number of benzene rings is 1. The number of aliphatic carboxylic acids is 1. The largest absolute Gasteiger partial charge is 0.480 e. The van der Waals surface area contributed by atoms with Gasteiger partial charge in [0.1, 0.15) is 6.04 Å². The quantitative estimate of drug-likeness (QED) is 0.573. The number of carbonyl (C=O) groups excluding carboxylic acids is 3. The average molecular weight is 430 g/mol. The molecule has 0 unspecified atom stereocenters. The van der Waals surface area contributed by atoms with Crippen LogP contribution in [-0.2, 0) is 23.9 Å². The Labute approximate surface area is 159 Å². The molecule has 1 rings (SSSR count). The summed E-state index contributed by atoms with van der Waals surface area (Å²) in [4.78, 5) is 47.9. The number of hydrogen-bond donors (Lipinski definition) is 2. The predicted octanol–water partition coefficient (Wildman–Crippen LogP) is 1.76. The van der Waals surface area contributed by atoms with Gasteiger partial charge in [-0.15, -0.1) is 0 Å². The Morgan fingerprint density at radius 3 is 2.35 bits per heavy atom. The Kier molecular flexibility index (Phi) is 8.77. The van der Waals surface area contributed by atoms with Gasteiger partial charge in [-0.1, -0.05) is 22.0 Å². The zero-order valence-electron chi connectivity index (χ0n) is 14.4. The van der Waals surface area contributed by atoms with E-state index in [9.17, 15) is 24.3 Å². The molecule has 1 aromatic rings. The van der Waals surface area contributed by atoms with Crippen LogP contribution >= 0.6 is 15.9 Å². The van der Waals surface area contributed by atoms with E-state index < -0.39 is 42.2 Å². The predicted molar refractivity (Wildman–Crippen MR) is 94.4 cm³/mol. The van der Waals surface area contributed by atoms with Crippen molar-refractivity contribution >= 4 is 39.7 Å². The molecule has 2 atom stereocenters. The third kappa shape index (κ3) is 6.47. The van der Waals surface area contributed by atoms with E-state index in [0.717, 1.165) is 0 Å². The highest BCUT2D eigenvalue weighted by atomic mass is 79.9. The number of halogens is 1. The highest BCUT2D eigenvalue weighted by Crippen LogP contribution is 2.16. The molecule has 0 saturated heterocycles. The monoisotopic (exact) mass is 429 g/mol. The first-order valence-corrected chi connectivity index (χ1v) is 8.70. The smallest absolute Gasteiger partial charge is 0.327 e. The van der Waals surface area contributed by atoms with Crippen molar-refractivity contribution in [2.75, 3.05) is 13.2 Å². The van der Waals surface area contributed by atoms with E-state index in [-0.39, 0.29) is 18.8 Å². The van der Waals surface area contributed by atoms with Crippen molar-refractivity contribution in [1.82, 2.24) is 5.32 Å². The van der Waals surface area contributed by atoms with Crippen LogP contribution in [0.1, 0.15) is 30.6 Å². The van der Waals surface area contributed by atoms with Gasteiger partial charge in [0.25, 0.3) is 5.91 Å². The van der Waals surface area contributed by atoms with Crippen LogP contribution in [0.15, 0.2) is 28.7 Å². The minimum atomic E-state index is -1.65. The second-order valence-corrected chi connectivity index (χ2v) is 6.08. The van der Waals surface area contributed by atoms with E-state index in [1.54, 1.807) is 26.0 Å². The van der Waals surface area contributed by atoms with Gasteiger partial charge in [-0.3, -0.25) is 14.4 Å². The molecule has 0 fully saturated rings. The maximum Gasteiger partial charge on any atom is 0.327 e. The first kappa shape index (κ1) is 21.6. The van der Waals surface area contributed by atoms with Gasteiger partial charge < -0.3 is 19.9 Å². The highest BCUT2D eigenvalue weighted by molar-refractivity contribution is 9.10. The standard InChI is InChI=1S/C17H20BrNO7/c1-3-25-13(20)9-12(17(24)26-4-2)14(16(22)23)19-15(21)10-6-5-7-11(18)8-10/h5-8,12,14H,3-4,9H2,1-2H3,(H,19,21)(H,22,23)/t12-,14-/m1/s1. The van der Waals surface area contributed by atoms with Crippen molar-refractivity contribution in [2.24, 2.45) is 5.92 Å². The molecule has 0 radical (unpaired) electrons. The molecule has 0 bridgehead atoms. The number of hydrogen-bond acceptors (Lipinski definition) is 6. The Bertz CT molecular complexity index is 677. The molecule has 0 aliphatic heterocycles. The van der Waals surface area contributed by atoms with Crippen LogP contribution in [0.5, 0.6) is 0 Å². The van der Waals surface area contributed by atoms with Crippen LogP contribution in [0.25, 0.3) is 0 Å². The van der Waals surface area contributed by atoms with E-state index in [4.69, 9.17) is 9.47 Å². The minimum Gasteiger partial charge on any atom is -0.480 e. The van der Waals surface area contributed by atoms with Gasteiger partial charge in [-0.05, 0) is 32.0 Å². The van der Waals surface area contributed by atoms with Crippen LogP contribution in [0.3, 0.4) is 0 Å². The molecule has 0 heterocycles. The summed E-state index contributed by atoms with van der Waals surface area (Å²) in [5.41, 5.74) is 0.198. The molecule has 142 valence electrons. The van der Waals surface area contributed by atoms with Crippen molar-refractivity contribution in [3.05, 3.63) is 34.3 Å². The third-order valence-corrected chi connectivity index (χ3v) is 3.82. The summed E-state index contributed by atoms with van der Waals surface area (Å²) < 4.78 is 10.3. The lowest BCUT2D eigenvalue weighted by molar-refractivity contribution is -0.159. The Balaban J connectivity index is 3.06. The zero-order valence-corrected chi connectivity index (χ0v) is 15.9. The van der Waals surface area contributed by atoms with Crippen molar-refractivity contribution in [2.45, 2.75) is 26.3 Å². The molecule has 1 amide bonds. The van der Waals surface area contributed by atoms with Crippen LogP contribution in [0.2, 0.25) is 0 Å². The topological polar surface area (TPSA) is 119 Å². The Morgan fingerprint density at radius 2 is 1.81 bits per heavy atom. The number of carboxylic acid groups (broad SMARTS) is 1. The highest BCUT2D eigenvalue weighted by Gasteiger charge is 2.38. The summed E-state index contributed by atoms with van der Waals surface area (Å²) in [5.74, 6) is -5.23. The molecule has 1 aromatic carbocycles. The number of rotatable bonds is 9. The van der Waals surface area contributed by atoms with E-state index in [0.29, 0.717) is 4.47 Å². The molecular weight excluding hydrogens is 410 g/mol. The van der Waals surface area contributed by atoms with E-state index in [1.807, 2.05) is 0 Å². The average Bonchev–Trinajstić information content (AvgIpc) is 2.58. The number of carbonyl (C=O) groups is 4. The number of nitrogens with one attached hydrogen (secondary N) is 1. The second-order valence-electron chi connectivity index (χ2n) is 5.17. The summed E-state index contributed by atoms with van der Waals surface area (Å²) in [7, 11) is 0. The van der Waals surface area contributed by atoms with Gasteiger partial charge in [0.2, 0.25) is 0 Å². The summed E-state index contributed by atoms with van der Waals surface area (Å²) in [6, 6.07) is 4.65. The minimum absolute atomic E-state index is 0.00404. The molecule has 0 spiro atoms. The van der Waals surface area contributed by atoms with Gasteiger partial charge in [0.15, 0.2) is 0 Å². The molecule has 0 saturated carbocycles. The molecule has 2 N–H and O–H groups in total. The summed E-state index contributed by atoms with van der Waals surface area (Å²) in [5, 5.41) is 11.7. The van der Waals surface area contributed by atoms with Crippen molar-refractivity contribution in [3.8, 4) is 0 Å². The van der Waals surface area contributed by atoms with Crippen LogP contribution < -0.4 is 5.32 Å². The fourth-order valence-corrected chi connectivity index (χ4v) is 2.57. The first-order valence-electron chi connectivity index (χ1n) is 7.91. The fourth-order valence-electron chi connectivity index (χ4n) is 2.17. The van der Waals surface area contributed by atoms with Crippen LogP contribution in [0.4, 0.5) is 0 Å². The van der Waals surface area contributed by atoms with E-state index in [1.165, 1.54) is 12.1 Å². The molecule has 0 aliphatic carbocycles. The normalized spacial score (nSPS) is 12.6.